The summed E-state index contributed by atoms with van der Waals surface area (Å²) in [5.74, 6) is -0.449. The summed E-state index contributed by atoms with van der Waals surface area (Å²) in [5, 5.41) is 0.0822. The fraction of sp³-hybridized carbons (Fsp3) is 1.00. The molecule has 1 heterocycles. The number of alkyl halides is 3. The molecule has 0 aromatic carbocycles. The zero-order valence-electron chi connectivity index (χ0n) is 16.0. The van der Waals surface area contributed by atoms with Crippen molar-refractivity contribution in [2.45, 2.75) is 74.4 Å². The van der Waals surface area contributed by atoms with Crippen molar-refractivity contribution in [3.8, 4) is 0 Å². The molecule has 0 radical (unpaired) electrons. The van der Waals surface area contributed by atoms with E-state index in [4.69, 9.17) is 48.1 Å². The molecule has 0 bridgehead atoms. The first kappa shape index (κ1) is 24.0. The van der Waals surface area contributed by atoms with Gasteiger partial charge in [-0.25, -0.2) is 0 Å². The molecule has 1 rings (SSSR count). The SMILES string of the molecule is C[C@@H]([C@H](OS(C)(=O)=O)C(Cl)(Cl)Cl)[C@@H]1O[C@@]1(C)CO[Si](C)(C)C(C)(C)C. The van der Waals surface area contributed by atoms with Crippen LogP contribution in [0.1, 0.15) is 34.6 Å². The molecular formula is C15H29Cl3O5SSi. The summed E-state index contributed by atoms with van der Waals surface area (Å²) in [4.78, 5) is 0. The van der Waals surface area contributed by atoms with Crippen LogP contribution in [-0.4, -0.2) is 51.2 Å². The standard InChI is InChI=1S/C15H29Cl3O5SSi/c1-10(12(15(16,17)18)23-24(6,19)20)11-14(5,22-11)9-21-25(7,8)13(2,3)4/h10-12H,9H2,1-8H3/t10-,11+,12+,14+/m1/s1. The molecule has 1 aliphatic rings. The third-order valence-electron chi connectivity index (χ3n) is 5.02. The Hall–Kier alpha value is 0.917. The lowest BCUT2D eigenvalue weighted by Crippen LogP contribution is -2.44. The second-order valence-electron chi connectivity index (χ2n) is 8.52. The average molecular weight is 456 g/mol. The number of epoxide rings is 1. The van der Waals surface area contributed by atoms with Crippen LogP contribution in [0.25, 0.3) is 0 Å². The quantitative estimate of drug-likeness (QED) is 0.244. The Morgan fingerprint density at radius 1 is 1.24 bits per heavy atom. The molecule has 0 aromatic rings. The van der Waals surface area contributed by atoms with Crippen LogP contribution < -0.4 is 0 Å². The van der Waals surface area contributed by atoms with E-state index in [1.165, 1.54) is 0 Å². The minimum absolute atomic E-state index is 0.0822. The van der Waals surface area contributed by atoms with Crippen molar-refractivity contribution in [3.63, 3.8) is 0 Å². The van der Waals surface area contributed by atoms with Crippen LogP contribution in [0.5, 0.6) is 0 Å². The van der Waals surface area contributed by atoms with Gasteiger partial charge in [-0.2, -0.15) is 8.42 Å². The van der Waals surface area contributed by atoms with Crippen molar-refractivity contribution in [1.82, 2.24) is 0 Å². The average Bonchev–Trinajstić information content (AvgIpc) is 3.02. The highest BCUT2D eigenvalue weighted by atomic mass is 35.6. The van der Waals surface area contributed by atoms with E-state index in [1.807, 2.05) is 6.92 Å². The molecule has 150 valence electrons. The van der Waals surface area contributed by atoms with Crippen molar-refractivity contribution in [1.29, 1.82) is 0 Å². The molecule has 4 atom stereocenters. The van der Waals surface area contributed by atoms with Crippen molar-refractivity contribution >= 4 is 53.2 Å². The topological polar surface area (TPSA) is 65.1 Å². The molecule has 0 saturated carbocycles. The van der Waals surface area contributed by atoms with E-state index in [0.29, 0.717) is 6.61 Å². The zero-order valence-corrected chi connectivity index (χ0v) is 20.1. The Labute approximate surface area is 167 Å². The molecule has 1 fully saturated rings. The minimum Gasteiger partial charge on any atom is -0.414 e. The predicted molar refractivity (Wildman–Crippen MR) is 106 cm³/mol. The van der Waals surface area contributed by atoms with Crippen LogP contribution in [0.3, 0.4) is 0 Å². The Kier molecular flexibility index (Phi) is 7.08. The van der Waals surface area contributed by atoms with Gasteiger partial charge in [0.15, 0.2) is 8.32 Å². The van der Waals surface area contributed by atoms with Gasteiger partial charge in [0.05, 0.1) is 19.0 Å². The second-order valence-corrected chi connectivity index (χ2v) is 17.3. The Morgan fingerprint density at radius 2 is 1.72 bits per heavy atom. The summed E-state index contributed by atoms with van der Waals surface area (Å²) < 4.78 is 38.2. The molecule has 1 aliphatic heterocycles. The monoisotopic (exact) mass is 454 g/mol. The van der Waals surface area contributed by atoms with Gasteiger partial charge in [-0.1, -0.05) is 62.5 Å². The van der Waals surface area contributed by atoms with Gasteiger partial charge in [-0.3, -0.25) is 4.18 Å². The number of hydrogen-bond acceptors (Lipinski definition) is 5. The number of ether oxygens (including phenoxy) is 1. The lowest BCUT2D eigenvalue weighted by molar-refractivity contribution is 0.132. The number of rotatable bonds is 7. The molecule has 10 heteroatoms. The summed E-state index contributed by atoms with van der Waals surface area (Å²) in [6.45, 7) is 14.9. The second kappa shape index (κ2) is 7.39. The first-order valence-corrected chi connectivity index (χ1v) is 13.9. The molecule has 0 amide bonds. The van der Waals surface area contributed by atoms with Gasteiger partial charge in [-0.05, 0) is 25.1 Å². The van der Waals surface area contributed by atoms with Gasteiger partial charge in [0.25, 0.3) is 10.1 Å². The predicted octanol–water partition coefficient (Wildman–Crippen LogP) is 4.52. The highest BCUT2D eigenvalue weighted by Gasteiger charge is 2.60. The van der Waals surface area contributed by atoms with Crippen LogP contribution in [0, 0.1) is 5.92 Å². The van der Waals surface area contributed by atoms with Gasteiger partial charge >= 0.3 is 0 Å². The maximum Gasteiger partial charge on any atom is 0.264 e. The van der Waals surface area contributed by atoms with Crippen LogP contribution in [0.2, 0.25) is 18.1 Å². The van der Waals surface area contributed by atoms with Crippen molar-refractivity contribution in [2.75, 3.05) is 12.9 Å². The van der Waals surface area contributed by atoms with E-state index < -0.39 is 39.9 Å². The summed E-state index contributed by atoms with van der Waals surface area (Å²) in [6.07, 6.45) is -0.539. The van der Waals surface area contributed by atoms with Crippen LogP contribution in [0.4, 0.5) is 0 Å². The fourth-order valence-corrected chi connectivity index (χ4v) is 5.03. The molecule has 0 aliphatic carbocycles. The summed E-state index contributed by atoms with van der Waals surface area (Å²) in [6, 6.07) is 0. The number of hydrogen-bond donors (Lipinski definition) is 0. The molecule has 0 aromatic heterocycles. The third kappa shape index (κ3) is 6.49. The largest absolute Gasteiger partial charge is 0.414 e. The van der Waals surface area contributed by atoms with Crippen molar-refractivity contribution in [2.24, 2.45) is 5.92 Å². The maximum absolute atomic E-state index is 11.5. The first-order valence-electron chi connectivity index (χ1n) is 8.07. The van der Waals surface area contributed by atoms with E-state index in [9.17, 15) is 8.42 Å². The lowest BCUT2D eigenvalue weighted by atomic mass is 9.94. The van der Waals surface area contributed by atoms with Gasteiger partial charge in [0, 0.05) is 5.92 Å². The highest BCUT2D eigenvalue weighted by molar-refractivity contribution is 7.86. The minimum atomic E-state index is -3.78. The lowest BCUT2D eigenvalue weighted by Gasteiger charge is -2.37. The Balaban J connectivity index is 2.82. The molecule has 0 N–H and O–H groups in total. The van der Waals surface area contributed by atoms with Crippen LogP contribution >= 0.6 is 34.8 Å². The van der Waals surface area contributed by atoms with Crippen molar-refractivity contribution < 1.29 is 21.8 Å². The molecule has 5 nitrogen and oxygen atoms in total. The van der Waals surface area contributed by atoms with E-state index in [2.05, 4.69) is 33.9 Å². The summed E-state index contributed by atoms with van der Waals surface area (Å²) in [7, 11) is -5.71. The van der Waals surface area contributed by atoms with Crippen LogP contribution in [0.15, 0.2) is 0 Å². The molecule has 0 spiro atoms. The highest BCUT2D eigenvalue weighted by Crippen LogP contribution is 2.49. The first-order chi connectivity index (χ1) is 10.8. The summed E-state index contributed by atoms with van der Waals surface area (Å²) in [5.41, 5.74) is -0.552. The third-order valence-corrected chi connectivity index (χ3v) is 10.7. The Bertz CT molecular complexity index is 585. The van der Waals surface area contributed by atoms with Crippen LogP contribution in [-0.2, 0) is 23.5 Å². The van der Waals surface area contributed by atoms with Crippen molar-refractivity contribution in [3.05, 3.63) is 0 Å². The smallest absolute Gasteiger partial charge is 0.264 e. The Morgan fingerprint density at radius 3 is 2.08 bits per heavy atom. The molecule has 0 unspecified atom stereocenters. The van der Waals surface area contributed by atoms with Gasteiger partial charge in [-0.15, -0.1) is 0 Å². The van der Waals surface area contributed by atoms with E-state index in [-0.39, 0.29) is 11.1 Å². The molecule has 25 heavy (non-hydrogen) atoms. The van der Waals surface area contributed by atoms with Gasteiger partial charge in [0.2, 0.25) is 3.79 Å². The van der Waals surface area contributed by atoms with Gasteiger partial charge in [0.1, 0.15) is 11.7 Å². The van der Waals surface area contributed by atoms with E-state index in [1.54, 1.807) is 6.92 Å². The normalized spacial score (nSPS) is 27.9. The van der Waals surface area contributed by atoms with Gasteiger partial charge < -0.3 is 9.16 Å². The van der Waals surface area contributed by atoms with E-state index in [0.717, 1.165) is 6.26 Å². The maximum atomic E-state index is 11.5. The summed E-state index contributed by atoms with van der Waals surface area (Å²) >= 11 is 17.8. The van der Waals surface area contributed by atoms with E-state index >= 15 is 0 Å². The molecular weight excluding hydrogens is 427 g/mol. The number of halogens is 3. The fourth-order valence-electron chi connectivity index (χ4n) is 2.36. The molecule has 1 saturated heterocycles. The zero-order chi connectivity index (χ0) is 20.1.